The second-order valence-corrected chi connectivity index (χ2v) is 6.14. The molecule has 1 heterocycles. The molecule has 1 atom stereocenters. The highest BCUT2D eigenvalue weighted by Gasteiger charge is 2.30. The number of hydrogen-bond donors (Lipinski definition) is 2. The molecule has 0 aromatic heterocycles. The van der Waals surface area contributed by atoms with Crippen LogP contribution in [0.25, 0.3) is 0 Å². The predicted octanol–water partition coefficient (Wildman–Crippen LogP) is 3.66. The maximum atomic E-state index is 9.60. The van der Waals surface area contributed by atoms with E-state index in [-0.39, 0.29) is 11.5 Å². The smallest absolute Gasteiger partial charge is 0.158 e. The van der Waals surface area contributed by atoms with Gasteiger partial charge in [-0.3, -0.25) is 5.32 Å². The lowest BCUT2D eigenvalue weighted by Crippen LogP contribution is -2.50. The van der Waals surface area contributed by atoms with E-state index in [4.69, 9.17) is 4.74 Å². The first-order chi connectivity index (χ1) is 10.6. The maximum Gasteiger partial charge on any atom is 0.158 e. The van der Waals surface area contributed by atoms with Gasteiger partial charge in [-0.2, -0.15) is 0 Å². The number of fused-ring (bicyclic) bond motifs is 1. The van der Waals surface area contributed by atoms with Gasteiger partial charge in [0.05, 0.1) is 0 Å². The Balaban J connectivity index is 1.52. The molecule has 2 aromatic carbocycles. The van der Waals surface area contributed by atoms with Crippen molar-refractivity contribution in [3.63, 3.8) is 0 Å². The fourth-order valence-corrected chi connectivity index (χ4v) is 2.93. The Bertz CT molecular complexity index is 627. The van der Waals surface area contributed by atoms with Gasteiger partial charge < -0.3 is 9.84 Å². The van der Waals surface area contributed by atoms with Gasteiger partial charge in [-0.25, -0.2) is 0 Å². The third-order valence-electron chi connectivity index (χ3n) is 4.24. The second kappa shape index (κ2) is 6.41. The minimum atomic E-state index is -0.350. The minimum absolute atomic E-state index is 0.257. The summed E-state index contributed by atoms with van der Waals surface area (Å²) >= 11 is 0. The van der Waals surface area contributed by atoms with Crippen molar-refractivity contribution in [3.8, 4) is 11.5 Å². The molecule has 1 aliphatic heterocycles. The van der Waals surface area contributed by atoms with E-state index in [1.165, 1.54) is 11.1 Å². The number of benzene rings is 2. The van der Waals surface area contributed by atoms with Crippen LogP contribution in [0, 0.1) is 0 Å². The van der Waals surface area contributed by atoms with Gasteiger partial charge in [0.25, 0.3) is 0 Å². The van der Waals surface area contributed by atoms with Crippen LogP contribution in [0.2, 0.25) is 0 Å². The molecule has 0 spiro atoms. The van der Waals surface area contributed by atoms with Crippen LogP contribution in [0.5, 0.6) is 11.5 Å². The summed E-state index contributed by atoms with van der Waals surface area (Å²) in [5.74, 6) is 1.05. The van der Waals surface area contributed by atoms with Crippen LogP contribution in [0.1, 0.15) is 30.9 Å². The molecular formula is C19H23NO2. The number of nitrogens with one attached hydrogen (secondary N) is 1. The topological polar surface area (TPSA) is 41.5 Å². The molecule has 22 heavy (non-hydrogen) atoms. The number of phenolic OH excluding ortho intramolecular Hbond substituents is 1. The standard InChI is InChI=1S/C19H23NO2/c1-19(20-13-5-8-15-6-3-2-4-7-15)12-11-16-9-10-17(21)14-18(16)22-19/h2-4,6-7,9-10,14,20-21H,5,8,11-13H2,1H3. The Morgan fingerprint density at radius 3 is 2.82 bits per heavy atom. The molecule has 3 rings (SSSR count). The van der Waals surface area contributed by atoms with E-state index in [0.29, 0.717) is 0 Å². The van der Waals surface area contributed by atoms with Crippen molar-refractivity contribution in [2.75, 3.05) is 6.54 Å². The predicted molar refractivity (Wildman–Crippen MR) is 88.2 cm³/mol. The summed E-state index contributed by atoms with van der Waals surface area (Å²) in [7, 11) is 0. The average molecular weight is 297 g/mol. The highest BCUT2D eigenvalue weighted by atomic mass is 16.5. The van der Waals surface area contributed by atoms with Crippen molar-refractivity contribution in [2.45, 2.75) is 38.3 Å². The lowest BCUT2D eigenvalue weighted by molar-refractivity contribution is 0.0302. The monoisotopic (exact) mass is 297 g/mol. The average Bonchev–Trinajstić information content (AvgIpc) is 2.52. The zero-order valence-corrected chi connectivity index (χ0v) is 13.0. The van der Waals surface area contributed by atoms with Gasteiger partial charge in [-0.1, -0.05) is 36.4 Å². The van der Waals surface area contributed by atoms with Crippen LogP contribution >= 0.6 is 0 Å². The van der Waals surface area contributed by atoms with Gasteiger partial charge >= 0.3 is 0 Å². The number of aromatic hydroxyl groups is 1. The van der Waals surface area contributed by atoms with E-state index in [0.717, 1.165) is 38.0 Å². The molecule has 0 fully saturated rings. The fourth-order valence-electron chi connectivity index (χ4n) is 2.93. The zero-order chi connectivity index (χ0) is 15.4. The lowest BCUT2D eigenvalue weighted by Gasteiger charge is -2.36. The van der Waals surface area contributed by atoms with Gasteiger partial charge in [0.15, 0.2) is 5.72 Å². The lowest BCUT2D eigenvalue weighted by atomic mass is 9.98. The van der Waals surface area contributed by atoms with Crippen molar-refractivity contribution in [2.24, 2.45) is 0 Å². The van der Waals surface area contributed by atoms with Gasteiger partial charge in [0.2, 0.25) is 0 Å². The number of hydrogen-bond acceptors (Lipinski definition) is 3. The molecule has 0 bridgehead atoms. The van der Waals surface area contributed by atoms with Crippen LogP contribution < -0.4 is 10.1 Å². The Kier molecular flexibility index (Phi) is 4.34. The highest BCUT2D eigenvalue weighted by molar-refractivity contribution is 5.41. The van der Waals surface area contributed by atoms with Crippen LogP contribution in [-0.2, 0) is 12.8 Å². The summed E-state index contributed by atoms with van der Waals surface area (Å²) in [5.41, 5.74) is 2.19. The molecule has 1 unspecified atom stereocenters. The number of rotatable bonds is 5. The fraction of sp³-hybridized carbons (Fsp3) is 0.368. The van der Waals surface area contributed by atoms with Crippen molar-refractivity contribution in [3.05, 3.63) is 59.7 Å². The van der Waals surface area contributed by atoms with Crippen molar-refractivity contribution in [1.82, 2.24) is 5.32 Å². The molecule has 0 radical (unpaired) electrons. The molecule has 2 N–H and O–H groups in total. The Morgan fingerprint density at radius 1 is 1.18 bits per heavy atom. The Hall–Kier alpha value is -2.00. The van der Waals surface area contributed by atoms with E-state index in [1.54, 1.807) is 12.1 Å². The van der Waals surface area contributed by atoms with Crippen molar-refractivity contribution < 1.29 is 9.84 Å². The van der Waals surface area contributed by atoms with E-state index >= 15 is 0 Å². The second-order valence-electron chi connectivity index (χ2n) is 6.14. The number of aryl methyl sites for hydroxylation is 2. The Labute approximate surface area is 131 Å². The first-order valence-electron chi connectivity index (χ1n) is 7.94. The summed E-state index contributed by atoms with van der Waals surface area (Å²) in [4.78, 5) is 0. The highest BCUT2D eigenvalue weighted by Crippen LogP contribution is 2.34. The summed E-state index contributed by atoms with van der Waals surface area (Å²) in [6.07, 6.45) is 4.06. The normalized spacial score (nSPS) is 20.2. The van der Waals surface area contributed by atoms with Crippen LogP contribution in [0.3, 0.4) is 0 Å². The zero-order valence-electron chi connectivity index (χ0n) is 13.0. The van der Waals surface area contributed by atoms with Gasteiger partial charge in [-0.05, 0) is 49.9 Å². The molecule has 2 aromatic rings. The summed E-state index contributed by atoms with van der Waals surface area (Å²) in [5, 5.41) is 13.1. The maximum absolute atomic E-state index is 9.60. The quantitative estimate of drug-likeness (QED) is 0.828. The van der Waals surface area contributed by atoms with E-state index in [1.807, 2.05) is 12.1 Å². The van der Waals surface area contributed by atoms with E-state index < -0.39 is 0 Å². The first kappa shape index (κ1) is 14.9. The number of phenols is 1. The molecule has 3 heteroatoms. The molecule has 0 saturated carbocycles. The molecule has 0 saturated heterocycles. The van der Waals surface area contributed by atoms with Crippen LogP contribution in [-0.4, -0.2) is 17.4 Å². The van der Waals surface area contributed by atoms with Crippen molar-refractivity contribution in [1.29, 1.82) is 0 Å². The largest absolute Gasteiger partial charge is 0.508 e. The summed E-state index contributed by atoms with van der Waals surface area (Å²) in [6.45, 7) is 3.00. The summed E-state index contributed by atoms with van der Waals surface area (Å²) in [6, 6.07) is 15.9. The molecule has 0 amide bonds. The van der Waals surface area contributed by atoms with E-state index in [2.05, 4.69) is 36.5 Å². The van der Waals surface area contributed by atoms with E-state index in [9.17, 15) is 5.11 Å². The molecular weight excluding hydrogens is 274 g/mol. The van der Waals surface area contributed by atoms with Crippen LogP contribution in [0.4, 0.5) is 0 Å². The molecule has 0 aliphatic carbocycles. The molecule has 1 aliphatic rings. The van der Waals surface area contributed by atoms with Crippen LogP contribution in [0.15, 0.2) is 48.5 Å². The summed E-state index contributed by atoms with van der Waals surface area (Å²) < 4.78 is 6.08. The SMILES string of the molecule is CC1(NCCCc2ccccc2)CCc2ccc(O)cc2O1. The molecule has 116 valence electrons. The van der Waals surface area contributed by atoms with Gasteiger partial charge in [0, 0.05) is 12.5 Å². The third kappa shape index (κ3) is 3.60. The van der Waals surface area contributed by atoms with Crippen molar-refractivity contribution >= 4 is 0 Å². The number of ether oxygens (including phenoxy) is 1. The minimum Gasteiger partial charge on any atom is -0.508 e. The van der Waals surface area contributed by atoms with Gasteiger partial charge in [0.1, 0.15) is 11.5 Å². The third-order valence-corrected chi connectivity index (χ3v) is 4.24. The first-order valence-corrected chi connectivity index (χ1v) is 7.94. The Morgan fingerprint density at radius 2 is 2.00 bits per heavy atom. The van der Waals surface area contributed by atoms with Gasteiger partial charge in [-0.15, -0.1) is 0 Å². The molecule has 3 nitrogen and oxygen atoms in total.